The predicted octanol–water partition coefficient (Wildman–Crippen LogP) is 2.96. The number of piperidine rings is 1. The van der Waals surface area contributed by atoms with Gasteiger partial charge in [-0.25, -0.2) is 0 Å². The molecule has 82 valence electrons. The van der Waals surface area contributed by atoms with Crippen LogP contribution in [0.15, 0.2) is 18.2 Å². The lowest BCUT2D eigenvalue weighted by Gasteiger charge is -2.36. The molecule has 1 fully saturated rings. The van der Waals surface area contributed by atoms with Gasteiger partial charge in [-0.05, 0) is 50.8 Å². The summed E-state index contributed by atoms with van der Waals surface area (Å²) in [5.74, 6) is 0. The van der Waals surface area contributed by atoms with Crippen molar-refractivity contribution in [1.82, 2.24) is 0 Å². The molecule has 0 spiro atoms. The Morgan fingerprint density at radius 2 is 2.13 bits per heavy atom. The molecular weight excluding hydrogens is 184 g/mol. The fourth-order valence-electron chi connectivity index (χ4n) is 2.36. The monoisotopic (exact) mass is 204 g/mol. The molecular formula is C13H20N2. The number of rotatable bonds is 1. The van der Waals surface area contributed by atoms with Crippen LogP contribution in [0.2, 0.25) is 0 Å². The number of benzene rings is 1. The van der Waals surface area contributed by atoms with Gasteiger partial charge in [0.25, 0.3) is 0 Å². The summed E-state index contributed by atoms with van der Waals surface area (Å²) in [4.78, 5) is 2.45. The molecule has 0 saturated carbocycles. The van der Waals surface area contributed by atoms with E-state index in [1.165, 1.54) is 30.5 Å². The first-order valence-corrected chi connectivity index (χ1v) is 5.81. The number of hydrogen-bond acceptors (Lipinski definition) is 2. The summed E-state index contributed by atoms with van der Waals surface area (Å²) in [5, 5.41) is 0. The summed E-state index contributed by atoms with van der Waals surface area (Å²) in [6.07, 6.45) is 3.93. The van der Waals surface area contributed by atoms with E-state index in [1.807, 2.05) is 6.07 Å². The Kier molecular flexibility index (Phi) is 2.85. The van der Waals surface area contributed by atoms with Crippen molar-refractivity contribution in [2.45, 2.75) is 39.2 Å². The molecule has 15 heavy (non-hydrogen) atoms. The number of aryl methyl sites for hydroxylation is 1. The van der Waals surface area contributed by atoms with Crippen LogP contribution in [0.4, 0.5) is 11.4 Å². The first-order chi connectivity index (χ1) is 7.18. The summed E-state index contributed by atoms with van der Waals surface area (Å²) in [6.45, 7) is 5.56. The maximum atomic E-state index is 6.04. The topological polar surface area (TPSA) is 29.3 Å². The molecule has 1 aromatic carbocycles. The summed E-state index contributed by atoms with van der Waals surface area (Å²) in [5.41, 5.74) is 9.47. The lowest BCUT2D eigenvalue weighted by molar-refractivity contribution is 0.485. The first-order valence-electron chi connectivity index (χ1n) is 5.81. The van der Waals surface area contributed by atoms with Gasteiger partial charge in [0.15, 0.2) is 0 Å². The average molecular weight is 204 g/mol. The largest absolute Gasteiger partial charge is 0.397 e. The first kappa shape index (κ1) is 10.3. The van der Waals surface area contributed by atoms with Crippen LogP contribution in [0, 0.1) is 6.92 Å². The average Bonchev–Trinajstić information content (AvgIpc) is 2.23. The highest BCUT2D eigenvalue weighted by atomic mass is 15.2. The molecule has 1 heterocycles. The van der Waals surface area contributed by atoms with Crippen molar-refractivity contribution in [1.29, 1.82) is 0 Å². The highest BCUT2D eigenvalue weighted by Crippen LogP contribution is 2.30. The number of nitrogens with zero attached hydrogens (tertiary/aromatic N) is 1. The van der Waals surface area contributed by atoms with Gasteiger partial charge in [0, 0.05) is 12.6 Å². The zero-order valence-corrected chi connectivity index (χ0v) is 9.66. The minimum absolute atomic E-state index is 0.628. The third-order valence-corrected chi connectivity index (χ3v) is 3.30. The van der Waals surface area contributed by atoms with Gasteiger partial charge < -0.3 is 10.6 Å². The Balaban J connectivity index is 2.30. The minimum Gasteiger partial charge on any atom is -0.397 e. The third kappa shape index (κ3) is 2.09. The van der Waals surface area contributed by atoms with Gasteiger partial charge in [0.1, 0.15) is 0 Å². The van der Waals surface area contributed by atoms with Crippen LogP contribution < -0.4 is 10.6 Å². The van der Waals surface area contributed by atoms with Crippen LogP contribution in [0.25, 0.3) is 0 Å². The highest BCUT2D eigenvalue weighted by Gasteiger charge is 2.19. The summed E-state index contributed by atoms with van der Waals surface area (Å²) < 4.78 is 0. The van der Waals surface area contributed by atoms with Crippen molar-refractivity contribution in [3.05, 3.63) is 23.8 Å². The van der Waals surface area contributed by atoms with Gasteiger partial charge in [-0.15, -0.1) is 0 Å². The van der Waals surface area contributed by atoms with Gasteiger partial charge >= 0.3 is 0 Å². The molecule has 2 heteroatoms. The zero-order chi connectivity index (χ0) is 10.8. The molecule has 1 aliphatic heterocycles. The Morgan fingerprint density at radius 3 is 2.87 bits per heavy atom. The van der Waals surface area contributed by atoms with Crippen LogP contribution >= 0.6 is 0 Å². The lowest BCUT2D eigenvalue weighted by Crippen LogP contribution is -2.37. The third-order valence-electron chi connectivity index (χ3n) is 3.30. The summed E-state index contributed by atoms with van der Waals surface area (Å²) >= 11 is 0. The molecule has 0 aliphatic carbocycles. The Labute approximate surface area is 92.1 Å². The molecule has 0 aromatic heterocycles. The van der Waals surface area contributed by atoms with E-state index in [1.54, 1.807) is 0 Å². The molecule has 2 N–H and O–H groups in total. The molecule has 1 atom stereocenters. The molecule has 1 aliphatic rings. The van der Waals surface area contributed by atoms with Crippen LogP contribution in [0.5, 0.6) is 0 Å². The SMILES string of the molecule is Cc1ccc(N)c(N2CCCC[C@H]2C)c1. The van der Waals surface area contributed by atoms with Crippen molar-refractivity contribution in [2.24, 2.45) is 0 Å². The van der Waals surface area contributed by atoms with Gasteiger partial charge in [-0.3, -0.25) is 0 Å². The van der Waals surface area contributed by atoms with E-state index >= 15 is 0 Å². The zero-order valence-electron chi connectivity index (χ0n) is 9.66. The highest BCUT2D eigenvalue weighted by molar-refractivity contribution is 5.69. The van der Waals surface area contributed by atoms with Crippen LogP contribution in [0.1, 0.15) is 31.7 Å². The van der Waals surface area contributed by atoms with E-state index in [-0.39, 0.29) is 0 Å². The molecule has 0 amide bonds. The molecule has 1 saturated heterocycles. The second-order valence-electron chi connectivity index (χ2n) is 4.60. The molecule has 2 nitrogen and oxygen atoms in total. The standard InChI is InChI=1S/C13H20N2/c1-10-6-7-12(14)13(9-10)15-8-4-3-5-11(15)2/h6-7,9,11H,3-5,8,14H2,1-2H3/t11-/m1/s1. The van der Waals surface area contributed by atoms with Gasteiger partial charge in [-0.2, -0.15) is 0 Å². The van der Waals surface area contributed by atoms with Gasteiger partial charge in [-0.1, -0.05) is 6.07 Å². The lowest BCUT2D eigenvalue weighted by atomic mass is 10.0. The van der Waals surface area contributed by atoms with Crippen molar-refractivity contribution < 1.29 is 0 Å². The predicted molar refractivity (Wildman–Crippen MR) is 66.3 cm³/mol. The Hall–Kier alpha value is -1.18. The number of hydrogen-bond donors (Lipinski definition) is 1. The van der Waals surface area contributed by atoms with Gasteiger partial charge in [0.05, 0.1) is 11.4 Å². The van der Waals surface area contributed by atoms with Crippen molar-refractivity contribution >= 4 is 11.4 Å². The van der Waals surface area contributed by atoms with E-state index < -0.39 is 0 Å². The number of anilines is 2. The van der Waals surface area contributed by atoms with Crippen molar-refractivity contribution in [3.8, 4) is 0 Å². The van der Waals surface area contributed by atoms with Crippen molar-refractivity contribution in [2.75, 3.05) is 17.2 Å². The normalized spacial score (nSPS) is 21.7. The van der Waals surface area contributed by atoms with Crippen LogP contribution in [0.3, 0.4) is 0 Å². The van der Waals surface area contributed by atoms with E-state index in [4.69, 9.17) is 5.73 Å². The number of nitrogens with two attached hydrogens (primary N) is 1. The van der Waals surface area contributed by atoms with Crippen LogP contribution in [-0.4, -0.2) is 12.6 Å². The maximum Gasteiger partial charge on any atom is 0.0604 e. The molecule has 2 rings (SSSR count). The fraction of sp³-hybridized carbons (Fsp3) is 0.538. The Morgan fingerprint density at radius 1 is 1.33 bits per heavy atom. The second kappa shape index (κ2) is 4.13. The van der Waals surface area contributed by atoms with Crippen molar-refractivity contribution in [3.63, 3.8) is 0 Å². The quantitative estimate of drug-likeness (QED) is 0.713. The van der Waals surface area contributed by atoms with E-state index in [0.29, 0.717) is 6.04 Å². The summed E-state index contributed by atoms with van der Waals surface area (Å²) in [7, 11) is 0. The molecule has 1 aromatic rings. The summed E-state index contributed by atoms with van der Waals surface area (Å²) in [6, 6.07) is 6.93. The molecule has 0 bridgehead atoms. The van der Waals surface area contributed by atoms with E-state index in [0.717, 1.165) is 12.2 Å². The maximum absolute atomic E-state index is 6.04. The Bertz CT molecular complexity index is 346. The van der Waals surface area contributed by atoms with Crippen LogP contribution in [-0.2, 0) is 0 Å². The molecule has 0 radical (unpaired) electrons. The van der Waals surface area contributed by atoms with E-state index in [9.17, 15) is 0 Å². The number of nitrogen functional groups attached to an aromatic ring is 1. The fourth-order valence-corrected chi connectivity index (χ4v) is 2.36. The van der Waals surface area contributed by atoms with E-state index in [2.05, 4.69) is 30.9 Å². The second-order valence-corrected chi connectivity index (χ2v) is 4.60. The minimum atomic E-state index is 0.628. The van der Waals surface area contributed by atoms with Gasteiger partial charge in [0.2, 0.25) is 0 Å². The smallest absolute Gasteiger partial charge is 0.0604 e. The molecule has 0 unspecified atom stereocenters.